The number of carbonyl (C=O) groups is 1. The van der Waals surface area contributed by atoms with Gasteiger partial charge in [0.05, 0.1) is 22.7 Å². The third-order valence-electron chi connectivity index (χ3n) is 5.07. The molecule has 0 saturated heterocycles. The number of amides is 1. The van der Waals surface area contributed by atoms with E-state index in [2.05, 4.69) is 11.1 Å². The molecule has 0 unspecified atom stereocenters. The maximum absolute atomic E-state index is 13.3. The van der Waals surface area contributed by atoms with Crippen LogP contribution in [0.2, 0.25) is 0 Å². The zero-order chi connectivity index (χ0) is 22.5. The van der Waals surface area contributed by atoms with Gasteiger partial charge in [0.15, 0.2) is 0 Å². The predicted octanol–water partition coefficient (Wildman–Crippen LogP) is 1.79. The van der Waals surface area contributed by atoms with E-state index in [0.29, 0.717) is 48.3 Å². The van der Waals surface area contributed by atoms with Crippen LogP contribution in [0.4, 0.5) is 0 Å². The molecule has 0 saturated carbocycles. The second-order valence-corrected chi connectivity index (χ2v) is 7.58. The van der Waals surface area contributed by atoms with Crippen molar-refractivity contribution >= 4 is 16.9 Å². The van der Waals surface area contributed by atoms with Crippen LogP contribution in [-0.4, -0.2) is 52.4 Å². The third-order valence-corrected chi connectivity index (χ3v) is 5.07. The minimum atomic E-state index is -0.711. The monoisotopic (exact) mass is 419 g/mol. The standard InChI is InChI=1S/C23H25N5O3/c1-4-28-20-9-8-18(13-19(20)25-21(29)23(28)31)22(30)27(11-10-26(2)3)15-17-7-5-6-16(12-17)14-24/h5-9,12-13H,4,10-11,15H2,1-3H3,(H,25,29). The molecular formula is C23H25N5O3. The molecule has 0 radical (unpaired) electrons. The molecule has 8 heteroatoms. The predicted molar refractivity (Wildman–Crippen MR) is 119 cm³/mol. The van der Waals surface area contributed by atoms with Gasteiger partial charge in [0.25, 0.3) is 5.91 Å². The molecule has 0 bridgehead atoms. The molecule has 1 heterocycles. The molecule has 0 aliphatic heterocycles. The highest BCUT2D eigenvalue weighted by Gasteiger charge is 2.18. The highest BCUT2D eigenvalue weighted by Crippen LogP contribution is 2.16. The van der Waals surface area contributed by atoms with Gasteiger partial charge in [0, 0.05) is 31.7 Å². The Balaban J connectivity index is 1.98. The zero-order valence-corrected chi connectivity index (χ0v) is 17.9. The Labute approximate surface area is 180 Å². The van der Waals surface area contributed by atoms with Gasteiger partial charge in [-0.25, -0.2) is 0 Å². The fourth-order valence-corrected chi connectivity index (χ4v) is 3.44. The minimum absolute atomic E-state index is 0.193. The molecule has 1 aromatic heterocycles. The van der Waals surface area contributed by atoms with Crippen LogP contribution < -0.4 is 11.1 Å². The van der Waals surface area contributed by atoms with E-state index < -0.39 is 11.1 Å². The van der Waals surface area contributed by atoms with Crippen molar-refractivity contribution in [2.24, 2.45) is 0 Å². The van der Waals surface area contributed by atoms with E-state index in [1.807, 2.05) is 25.1 Å². The lowest BCUT2D eigenvalue weighted by Gasteiger charge is -2.25. The number of nitriles is 1. The Morgan fingerprint density at radius 1 is 1.13 bits per heavy atom. The van der Waals surface area contributed by atoms with Crippen LogP contribution in [0.1, 0.15) is 28.4 Å². The highest BCUT2D eigenvalue weighted by atomic mass is 16.2. The average Bonchev–Trinajstić information content (AvgIpc) is 2.76. The quantitative estimate of drug-likeness (QED) is 0.588. The molecule has 1 amide bonds. The smallest absolute Gasteiger partial charge is 0.316 e. The van der Waals surface area contributed by atoms with Crippen LogP contribution >= 0.6 is 0 Å². The first-order valence-electron chi connectivity index (χ1n) is 10.0. The molecule has 0 fully saturated rings. The number of hydrogen-bond donors (Lipinski definition) is 1. The first-order valence-corrected chi connectivity index (χ1v) is 10.0. The van der Waals surface area contributed by atoms with Crippen LogP contribution in [0.25, 0.3) is 11.0 Å². The summed E-state index contributed by atoms with van der Waals surface area (Å²) in [6.07, 6.45) is 0. The Hall–Kier alpha value is -3.70. The van der Waals surface area contributed by atoms with Gasteiger partial charge in [-0.05, 0) is 56.9 Å². The number of nitrogens with zero attached hydrogens (tertiary/aromatic N) is 4. The second-order valence-electron chi connectivity index (χ2n) is 7.58. The van der Waals surface area contributed by atoms with Gasteiger partial charge in [-0.1, -0.05) is 12.1 Å². The second kappa shape index (κ2) is 9.41. The average molecular weight is 419 g/mol. The summed E-state index contributed by atoms with van der Waals surface area (Å²) in [6.45, 7) is 3.66. The lowest BCUT2D eigenvalue weighted by molar-refractivity contribution is 0.0732. The summed E-state index contributed by atoms with van der Waals surface area (Å²) in [5.41, 5.74) is 1.51. The fraction of sp³-hybridized carbons (Fsp3) is 0.304. The normalized spacial score (nSPS) is 10.9. The largest absolute Gasteiger partial charge is 0.333 e. The van der Waals surface area contributed by atoms with E-state index in [4.69, 9.17) is 5.26 Å². The summed E-state index contributed by atoms with van der Waals surface area (Å²) in [4.78, 5) is 43.7. The van der Waals surface area contributed by atoms with Gasteiger partial charge in [0.1, 0.15) is 0 Å². The number of carbonyl (C=O) groups excluding carboxylic acids is 1. The van der Waals surface area contributed by atoms with Crippen molar-refractivity contribution in [3.63, 3.8) is 0 Å². The Bertz CT molecular complexity index is 1270. The maximum Gasteiger partial charge on any atom is 0.316 e. The number of rotatable bonds is 7. The first-order chi connectivity index (χ1) is 14.8. The Kier molecular flexibility index (Phi) is 6.68. The van der Waals surface area contributed by atoms with E-state index in [1.54, 1.807) is 48.2 Å². The van der Waals surface area contributed by atoms with Crippen molar-refractivity contribution in [1.82, 2.24) is 19.4 Å². The molecular weight excluding hydrogens is 394 g/mol. The third kappa shape index (κ3) is 4.90. The van der Waals surface area contributed by atoms with Crippen molar-refractivity contribution in [2.45, 2.75) is 20.0 Å². The first kappa shape index (κ1) is 22.0. The maximum atomic E-state index is 13.3. The number of likely N-dealkylation sites (N-methyl/N-ethyl adjacent to an activating group) is 1. The van der Waals surface area contributed by atoms with Crippen molar-refractivity contribution < 1.29 is 4.79 Å². The van der Waals surface area contributed by atoms with E-state index in [-0.39, 0.29) is 5.91 Å². The SMILES string of the molecule is CCn1c(=O)c(=O)[nH]c2cc(C(=O)N(CCN(C)C)Cc3cccc(C#N)c3)ccc21. The molecule has 0 spiro atoms. The summed E-state index contributed by atoms with van der Waals surface area (Å²) in [7, 11) is 3.87. The van der Waals surface area contributed by atoms with Gasteiger partial charge in [-0.2, -0.15) is 5.26 Å². The molecule has 3 aromatic rings. The van der Waals surface area contributed by atoms with E-state index in [0.717, 1.165) is 5.56 Å². The fourth-order valence-electron chi connectivity index (χ4n) is 3.44. The van der Waals surface area contributed by atoms with Crippen LogP contribution in [0, 0.1) is 11.3 Å². The number of benzene rings is 2. The number of hydrogen-bond acceptors (Lipinski definition) is 5. The van der Waals surface area contributed by atoms with Crippen molar-refractivity contribution in [2.75, 3.05) is 27.2 Å². The number of nitrogens with one attached hydrogen (secondary N) is 1. The van der Waals surface area contributed by atoms with Crippen molar-refractivity contribution in [3.05, 3.63) is 79.9 Å². The van der Waals surface area contributed by atoms with E-state index >= 15 is 0 Å². The zero-order valence-electron chi connectivity index (χ0n) is 17.9. The lowest BCUT2D eigenvalue weighted by Crippen LogP contribution is -2.37. The lowest BCUT2D eigenvalue weighted by atomic mass is 10.1. The number of aryl methyl sites for hydroxylation is 1. The van der Waals surface area contributed by atoms with Crippen molar-refractivity contribution in [1.29, 1.82) is 5.26 Å². The number of fused-ring (bicyclic) bond motifs is 1. The molecule has 2 aromatic carbocycles. The summed E-state index contributed by atoms with van der Waals surface area (Å²) < 4.78 is 1.39. The number of aromatic amines is 1. The molecule has 1 N–H and O–H groups in total. The molecule has 0 atom stereocenters. The molecule has 31 heavy (non-hydrogen) atoms. The van der Waals surface area contributed by atoms with Gasteiger partial charge in [-0.15, -0.1) is 0 Å². The summed E-state index contributed by atoms with van der Waals surface area (Å²) in [6, 6.07) is 14.3. The molecule has 0 aliphatic rings. The van der Waals surface area contributed by atoms with Crippen LogP contribution in [-0.2, 0) is 13.1 Å². The molecule has 3 rings (SSSR count). The Morgan fingerprint density at radius 3 is 2.58 bits per heavy atom. The molecule has 0 aliphatic carbocycles. The highest BCUT2D eigenvalue weighted by molar-refractivity contribution is 5.97. The summed E-state index contributed by atoms with van der Waals surface area (Å²) in [5.74, 6) is -0.193. The number of H-pyrrole nitrogens is 1. The van der Waals surface area contributed by atoms with Crippen LogP contribution in [0.15, 0.2) is 52.1 Å². The van der Waals surface area contributed by atoms with Crippen LogP contribution in [0.5, 0.6) is 0 Å². The summed E-state index contributed by atoms with van der Waals surface area (Å²) in [5, 5.41) is 9.15. The summed E-state index contributed by atoms with van der Waals surface area (Å²) >= 11 is 0. The Morgan fingerprint density at radius 2 is 1.90 bits per heavy atom. The topological polar surface area (TPSA) is 102 Å². The molecule has 160 valence electrons. The van der Waals surface area contributed by atoms with Gasteiger partial charge in [-0.3, -0.25) is 14.4 Å². The molecule has 8 nitrogen and oxygen atoms in total. The minimum Gasteiger partial charge on any atom is -0.333 e. The number of aromatic nitrogens is 2. The van der Waals surface area contributed by atoms with E-state index in [9.17, 15) is 14.4 Å². The van der Waals surface area contributed by atoms with Gasteiger partial charge in [0.2, 0.25) is 0 Å². The van der Waals surface area contributed by atoms with Crippen LogP contribution in [0.3, 0.4) is 0 Å². The van der Waals surface area contributed by atoms with E-state index in [1.165, 1.54) is 4.57 Å². The van der Waals surface area contributed by atoms with Crippen molar-refractivity contribution in [3.8, 4) is 6.07 Å². The van der Waals surface area contributed by atoms with Gasteiger partial charge < -0.3 is 19.4 Å². The van der Waals surface area contributed by atoms with Gasteiger partial charge >= 0.3 is 11.1 Å².